The van der Waals surface area contributed by atoms with Crippen LogP contribution < -0.4 is 5.73 Å². The smallest absolute Gasteiger partial charge is 0.305 e. The number of hydrogen-bond donors (Lipinski definition) is 3. The van der Waals surface area contributed by atoms with Crippen LogP contribution in [0.15, 0.2) is 0 Å². The van der Waals surface area contributed by atoms with Gasteiger partial charge >= 0.3 is 7.82 Å². The van der Waals surface area contributed by atoms with Gasteiger partial charge in [0, 0.05) is 5.41 Å². The van der Waals surface area contributed by atoms with Gasteiger partial charge in [-0.15, -0.1) is 0 Å². The highest BCUT2D eigenvalue weighted by Gasteiger charge is 2.33. The van der Waals surface area contributed by atoms with Gasteiger partial charge in [0.1, 0.15) is 6.23 Å². The molecule has 0 spiro atoms. The second-order valence-electron chi connectivity index (χ2n) is 3.38. The summed E-state index contributed by atoms with van der Waals surface area (Å²) >= 11 is 0. The number of nitrogens with two attached hydrogens (primary N) is 1. The Labute approximate surface area is 78.5 Å². The van der Waals surface area contributed by atoms with Crippen molar-refractivity contribution < 1.29 is 18.9 Å². The summed E-state index contributed by atoms with van der Waals surface area (Å²) in [4.78, 5) is 17.1. The molecule has 0 aromatic carbocycles. The first-order chi connectivity index (χ1) is 5.75. The Bertz CT molecular complexity index is 199. The van der Waals surface area contributed by atoms with Gasteiger partial charge in [-0.3, -0.25) is 4.52 Å². The number of hydrogen-bond acceptors (Lipinski definition) is 3. The van der Waals surface area contributed by atoms with Gasteiger partial charge < -0.3 is 15.5 Å². The Kier molecular flexibility index (Phi) is 4.55. The first-order valence-corrected chi connectivity index (χ1v) is 5.77. The Hall–Kier alpha value is 0.0700. The van der Waals surface area contributed by atoms with E-state index < -0.39 is 14.1 Å². The van der Waals surface area contributed by atoms with Crippen LogP contribution in [0.2, 0.25) is 0 Å². The lowest BCUT2D eigenvalue weighted by Gasteiger charge is -2.32. The molecule has 13 heavy (non-hydrogen) atoms. The summed E-state index contributed by atoms with van der Waals surface area (Å²) in [6, 6.07) is 0. The van der Waals surface area contributed by atoms with E-state index in [1.807, 2.05) is 20.8 Å². The zero-order valence-corrected chi connectivity index (χ0v) is 9.12. The van der Waals surface area contributed by atoms with Crippen molar-refractivity contribution in [2.75, 3.05) is 0 Å². The molecule has 5 nitrogen and oxygen atoms in total. The summed E-state index contributed by atoms with van der Waals surface area (Å²) in [7, 11) is -4.47. The topological polar surface area (TPSA) is 92.8 Å². The molecule has 0 aliphatic rings. The SMILES string of the molecule is CCC(C)(CC)C(N)OP(=O)(O)O. The van der Waals surface area contributed by atoms with Crippen LogP contribution in [0.1, 0.15) is 33.6 Å². The molecule has 0 saturated heterocycles. The van der Waals surface area contributed by atoms with Gasteiger partial charge in [0.25, 0.3) is 0 Å². The first kappa shape index (κ1) is 13.1. The molecule has 0 saturated carbocycles. The van der Waals surface area contributed by atoms with Crippen LogP contribution in [0.3, 0.4) is 0 Å². The van der Waals surface area contributed by atoms with E-state index in [4.69, 9.17) is 15.5 Å². The Morgan fingerprint density at radius 3 is 2.08 bits per heavy atom. The molecule has 0 aromatic heterocycles. The van der Waals surface area contributed by atoms with Crippen molar-refractivity contribution in [3.05, 3.63) is 0 Å². The van der Waals surface area contributed by atoms with Crippen molar-refractivity contribution in [1.29, 1.82) is 0 Å². The van der Waals surface area contributed by atoms with Crippen molar-refractivity contribution in [1.82, 2.24) is 0 Å². The molecule has 0 radical (unpaired) electrons. The zero-order valence-electron chi connectivity index (χ0n) is 8.23. The van der Waals surface area contributed by atoms with Crippen LogP contribution in [0, 0.1) is 5.41 Å². The van der Waals surface area contributed by atoms with E-state index in [2.05, 4.69) is 4.52 Å². The third kappa shape index (κ3) is 4.20. The molecule has 1 unspecified atom stereocenters. The molecule has 0 aliphatic heterocycles. The standard InChI is InChI=1S/C7H18NO4P/c1-4-7(3,5-2)6(8)12-13(9,10)11/h6H,4-5,8H2,1-3H3,(H2,9,10,11). The van der Waals surface area contributed by atoms with E-state index >= 15 is 0 Å². The molecule has 0 aliphatic carbocycles. The summed E-state index contributed by atoms with van der Waals surface area (Å²) in [5.74, 6) is 0. The predicted molar refractivity (Wildman–Crippen MR) is 49.8 cm³/mol. The lowest BCUT2D eigenvalue weighted by Crippen LogP contribution is -2.40. The van der Waals surface area contributed by atoms with Crippen molar-refractivity contribution in [2.45, 2.75) is 39.8 Å². The average molecular weight is 211 g/mol. The Morgan fingerprint density at radius 1 is 1.46 bits per heavy atom. The van der Waals surface area contributed by atoms with Crippen LogP contribution in [0.4, 0.5) is 0 Å². The monoisotopic (exact) mass is 211 g/mol. The number of rotatable bonds is 5. The van der Waals surface area contributed by atoms with Gasteiger partial charge in [-0.2, -0.15) is 0 Å². The molecule has 1 atom stereocenters. The largest absolute Gasteiger partial charge is 0.471 e. The minimum atomic E-state index is -4.47. The Balaban J connectivity index is 4.40. The van der Waals surface area contributed by atoms with Gasteiger partial charge in [0.05, 0.1) is 0 Å². The van der Waals surface area contributed by atoms with Crippen molar-refractivity contribution in [2.24, 2.45) is 11.1 Å². The lowest BCUT2D eigenvalue weighted by molar-refractivity contribution is 0.0312. The average Bonchev–Trinajstić information content (AvgIpc) is 2.00. The van der Waals surface area contributed by atoms with E-state index in [1.165, 1.54) is 0 Å². The van der Waals surface area contributed by atoms with Gasteiger partial charge in [-0.05, 0) is 12.8 Å². The molecular weight excluding hydrogens is 193 g/mol. The van der Waals surface area contributed by atoms with Crippen LogP contribution in [-0.4, -0.2) is 16.0 Å². The summed E-state index contributed by atoms with van der Waals surface area (Å²) in [6.45, 7) is 5.66. The quantitative estimate of drug-likeness (QED) is 0.469. The fourth-order valence-electron chi connectivity index (χ4n) is 0.928. The van der Waals surface area contributed by atoms with Crippen molar-refractivity contribution in [3.8, 4) is 0 Å². The van der Waals surface area contributed by atoms with Crippen LogP contribution in [0.5, 0.6) is 0 Å². The van der Waals surface area contributed by atoms with E-state index in [0.717, 1.165) is 0 Å². The number of phosphoric acid groups is 1. The molecule has 0 heterocycles. The molecule has 0 fully saturated rings. The normalized spacial score (nSPS) is 15.8. The molecule has 80 valence electrons. The van der Waals surface area contributed by atoms with Crippen LogP contribution in [0.25, 0.3) is 0 Å². The number of phosphoric ester groups is 1. The van der Waals surface area contributed by atoms with Crippen molar-refractivity contribution >= 4 is 7.82 Å². The molecule has 6 heteroatoms. The van der Waals surface area contributed by atoms with Gasteiger partial charge in [-0.1, -0.05) is 20.8 Å². The van der Waals surface area contributed by atoms with E-state index in [-0.39, 0.29) is 5.41 Å². The summed E-state index contributed by atoms with van der Waals surface area (Å²) < 4.78 is 14.9. The molecular formula is C7H18NO4P. The molecule has 0 bridgehead atoms. The first-order valence-electron chi connectivity index (χ1n) is 4.24. The summed E-state index contributed by atoms with van der Waals surface area (Å²) in [5, 5.41) is 0. The van der Waals surface area contributed by atoms with E-state index in [1.54, 1.807) is 0 Å². The van der Waals surface area contributed by atoms with Crippen molar-refractivity contribution in [3.63, 3.8) is 0 Å². The van der Waals surface area contributed by atoms with Gasteiger partial charge in [-0.25, -0.2) is 4.57 Å². The minimum Gasteiger partial charge on any atom is -0.305 e. The van der Waals surface area contributed by atoms with Crippen LogP contribution in [-0.2, 0) is 9.09 Å². The van der Waals surface area contributed by atoms with Crippen LogP contribution >= 0.6 is 7.82 Å². The van der Waals surface area contributed by atoms with E-state index in [0.29, 0.717) is 12.8 Å². The van der Waals surface area contributed by atoms with Gasteiger partial charge in [0.2, 0.25) is 0 Å². The maximum Gasteiger partial charge on any atom is 0.471 e. The zero-order chi connectivity index (χ0) is 10.7. The maximum atomic E-state index is 10.5. The third-order valence-electron chi connectivity index (χ3n) is 2.55. The highest BCUT2D eigenvalue weighted by molar-refractivity contribution is 7.46. The lowest BCUT2D eigenvalue weighted by atomic mass is 9.83. The summed E-state index contributed by atoms with van der Waals surface area (Å²) in [6.07, 6.45) is 0.498. The minimum absolute atomic E-state index is 0.388. The Morgan fingerprint density at radius 2 is 1.85 bits per heavy atom. The predicted octanol–water partition coefficient (Wildman–Crippen LogP) is 1.21. The second kappa shape index (κ2) is 4.53. The fraction of sp³-hybridized carbons (Fsp3) is 1.00. The fourth-order valence-corrected chi connectivity index (χ4v) is 1.48. The molecule has 0 rings (SSSR count). The maximum absolute atomic E-state index is 10.5. The molecule has 4 N–H and O–H groups in total. The highest BCUT2D eigenvalue weighted by Crippen LogP contribution is 2.42. The third-order valence-corrected chi connectivity index (χ3v) is 3.05. The second-order valence-corrected chi connectivity index (χ2v) is 4.57. The van der Waals surface area contributed by atoms with Gasteiger partial charge in [0.15, 0.2) is 0 Å². The summed E-state index contributed by atoms with van der Waals surface area (Å²) in [5.41, 5.74) is 5.16. The molecule has 0 aromatic rings. The highest BCUT2D eigenvalue weighted by atomic mass is 31.2. The molecule has 0 amide bonds. The van der Waals surface area contributed by atoms with E-state index in [9.17, 15) is 4.57 Å².